The molecule has 2 heterocycles. The van der Waals surface area contributed by atoms with Gasteiger partial charge in [0.15, 0.2) is 0 Å². The van der Waals surface area contributed by atoms with E-state index in [2.05, 4.69) is 39.2 Å². The maximum absolute atomic E-state index is 13.0. The van der Waals surface area contributed by atoms with Crippen molar-refractivity contribution in [3.8, 4) is 0 Å². The molecule has 40 heavy (non-hydrogen) atoms. The highest BCUT2D eigenvalue weighted by atomic mass is 19.4. The van der Waals surface area contributed by atoms with Crippen molar-refractivity contribution in [2.24, 2.45) is 0 Å². The number of carbonyl (C=O) groups is 1. The van der Waals surface area contributed by atoms with Gasteiger partial charge in [-0.25, -0.2) is 4.79 Å². The van der Waals surface area contributed by atoms with Crippen LogP contribution in [0.25, 0.3) is 10.9 Å². The fourth-order valence-corrected chi connectivity index (χ4v) is 5.51. The molecule has 1 saturated heterocycles. The largest absolute Gasteiger partial charge is 0.444 e. The fourth-order valence-electron chi connectivity index (χ4n) is 5.51. The second kappa shape index (κ2) is 13.1. The summed E-state index contributed by atoms with van der Waals surface area (Å²) in [6.45, 7) is 10.0. The SMILES string of the molecule is CC(C)(C)OC(=O)NCCCCCCN1CCC(c2cn(Cc3ccc(C(F)(F)F)cc3)c3ccccc23)CC1. The highest BCUT2D eigenvalue weighted by molar-refractivity contribution is 5.84. The van der Waals surface area contributed by atoms with Crippen molar-refractivity contribution in [2.45, 2.75) is 83.5 Å². The van der Waals surface area contributed by atoms with E-state index in [1.54, 1.807) is 12.1 Å². The van der Waals surface area contributed by atoms with Gasteiger partial charge in [0.25, 0.3) is 0 Å². The highest BCUT2D eigenvalue weighted by Gasteiger charge is 2.30. The number of para-hydroxylation sites is 1. The third-order valence-corrected chi connectivity index (χ3v) is 7.55. The Balaban J connectivity index is 1.23. The van der Waals surface area contributed by atoms with Gasteiger partial charge in [0, 0.05) is 30.2 Å². The minimum atomic E-state index is -4.32. The van der Waals surface area contributed by atoms with Gasteiger partial charge in [0.1, 0.15) is 5.60 Å². The summed E-state index contributed by atoms with van der Waals surface area (Å²) in [5.74, 6) is 0.480. The van der Waals surface area contributed by atoms with E-state index in [1.165, 1.54) is 23.1 Å². The zero-order chi connectivity index (χ0) is 28.8. The molecular formula is C32H42F3N3O2. The van der Waals surface area contributed by atoms with Crippen LogP contribution >= 0.6 is 0 Å². The van der Waals surface area contributed by atoms with Crippen molar-refractivity contribution in [2.75, 3.05) is 26.2 Å². The number of benzene rings is 2. The molecule has 1 amide bonds. The number of aromatic nitrogens is 1. The minimum absolute atomic E-state index is 0.349. The molecule has 0 atom stereocenters. The van der Waals surface area contributed by atoms with Crippen LogP contribution < -0.4 is 5.32 Å². The molecule has 0 aliphatic carbocycles. The van der Waals surface area contributed by atoms with Crippen molar-refractivity contribution >= 4 is 17.0 Å². The topological polar surface area (TPSA) is 46.5 Å². The van der Waals surface area contributed by atoms with E-state index in [0.29, 0.717) is 19.0 Å². The summed E-state index contributed by atoms with van der Waals surface area (Å²) in [6, 6.07) is 13.8. The molecule has 0 bridgehead atoms. The Morgan fingerprint density at radius 1 is 0.950 bits per heavy atom. The summed E-state index contributed by atoms with van der Waals surface area (Å²) in [7, 11) is 0. The molecular weight excluding hydrogens is 515 g/mol. The molecule has 0 radical (unpaired) electrons. The van der Waals surface area contributed by atoms with Gasteiger partial charge >= 0.3 is 12.3 Å². The van der Waals surface area contributed by atoms with E-state index in [0.717, 1.165) is 69.2 Å². The molecule has 1 fully saturated rings. The predicted molar refractivity (Wildman–Crippen MR) is 154 cm³/mol. The molecule has 0 saturated carbocycles. The van der Waals surface area contributed by atoms with E-state index in [4.69, 9.17) is 4.74 Å². The van der Waals surface area contributed by atoms with Gasteiger partial charge in [-0.05, 0) is 101 Å². The molecule has 3 aromatic rings. The number of hydrogen-bond acceptors (Lipinski definition) is 3. The number of carbonyl (C=O) groups excluding carboxylic acids is 1. The molecule has 1 aromatic heterocycles. The first-order valence-electron chi connectivity index (χ1n) is 14.4. The van der Waals surface area contributed by atoms with E-state index in [9.17, 15) is 18.0 Å². The van der Waals surface area contributed by atoms with Crippen LogP contribution in [0.15, 0.2) is 54.7 Å². The lowest BCUT2D eigenvalue weighted by atomic mass is 9.89. The number of fused-ring (bicyclic) bond motifs is 1. The summed E-state index contributed by atoms with van der Waals surface area (Å²) in [4.78, 5) is 14.3. The fraction of sp³-hybridized carbons (Fsp3) is 0.531. The third kappa shape index (κ3) is 8.50. The van der Waals surface area contributed by atoms with Crippen LogP contribution in [0.5, 0.6) is 0 Å². The van der Waals surface area contributed by atoms with Crippen LogP contribution in [0, 0.1) is 0 Å². The molecule has 0 spiro atoms. The Labute approximate surface area is 235 Å². The molecule has 2 aromatic carbocycles. The van der Waals surface area contributed by atoms with E-state index in [1.807, 2.05) is 26.8 Å². The normalized spacial score (nSPS) is 15.4. The van der Waals surface area contributed by atoms with E-state index < -0.39 is 17.3 Å². The van der Waals surface area contributed by atoms with Crippen molar-refractivity contribution in [1.82, 2.24) is 14.8 Å². The lowest BCUT2D eigenvalue weighted by molar-refractivity contribution is -0.137. The Morgan fingerprint density at radius 2 is 1.62 bits per heavy atom. The number of hydrogen-bond donors (Lipinski definition) is 1. The molecule has 218 valence electrons. The van der Waals surface area contributed by atoms with Crippen molar-refractivity contribution in [3.05, 3.63) is 71.4 Å². The smallest absolute Gasteiger partial charge is 0.416 e. The lowest BCUT2D eigenvalue weighted by Gasteiger charge is -2.32. The van der Waals surface area contributed by atoms with Gasteiger partial charge < -0.3 is 19.5 Å². The maximum atomic E-state index is 13.0. The monoisotopic (exact) mass is 557 g/mol. The van der Waals surface area contributed by atoms with Crippen molar-refractivity contribution < 1.29 is 22.7 Å². The molecule has 1 aliphatic rings. The number of alkyl carbamates (subject to hydrolysis) is 1. The number of amides is 1. The standard InChI is InChI=1S/C32H42F3N3O2/c1-31(2,3)40-30(39)36-18-8-4-5-9-19-37-20-16-25(17-21-37)28-23-38(29-11-7-6-10-27(28)29)22-24-12-14-26(15-13-24)32(33,34)35/h6-7,10-15,23,25H,4-5,8-9,16-22H2,1-3H3,(H,36,39). The first-order chi connectivity index (χ1) is 19.0. The summed E-state index contributed by atoms with van der Waals surface area (Å²) in [5.41, 5.74) is 2.25. The van der Waals surface area contributed by atoms with Gasteiger partial charge in [-0.15, -0.1) is 0 Å². The van der Waals surface area contributed by atoms with Gasteiger partial charge in [0.05, 0.1) is 5.56 Å². The summed E-state index contributed by atoms with van der Waals surface area (Å²) in [6.07, 6.45) is 4.11. The number of nitrogens with zero attached hydrogens (tertiary/aromatic N) is 2. The van der Waals surface area contributed by atoms with Crippen LogP contribution in [-0.2, 0) is 17.5 Å². The number of piperidine rings is 1. The predicted octanol–water partition coefficient (Wildman–Crippen LogP) is 7.97. The number of halogens is 3. The number of unbranched alkanes of at least 4 members (excludes halogenated alkanes) is 3. The molecule has 5 nitrogen and oxygen atoms in total. The molecule has 1 N–H and O–H groups in total. The zero-order valence-electron chi connectivity index (χ0n) is 23.9. The summed E-state index contributed by atoms with van der Waals surface area (Å²) < 4.78 is 46.3. The third-order valence-electron chi connectivity index (χ3n) is 7.55. The number of likely N-dealkylation sites (tertiary alicyclic amines) is 1. The van der Waals surface area contributed by atoms with Crippen molar-refractivity contribution in [1.29, 1.82) is 0 Å². The summed E-state index contributed by atoms with van der Waals surface area (Å²) in [5, 5.41) is 4.06. The Kier molecular flexibility index (Phi) is 9.82. The number of ether oxygens (including phenoxy) is 1. The Morgan fingerprint density at radius 3 is 2.30 bits per heavy atom. The van der Waals surface area contributed by atoms with Crippen molar-refractivity contribution in [3.63, 3.8) is 0 Å². The van der Waals surface area contributed by atoms with Crippen LogP contribution in [0.4, 0.5) is 18.0 Å². The first-order valence-corrected chi connectivity index (χ1v) is 14.4. The van der Waals surface area contributed by atoms with Crippen LogP contribution in [0.1, 0.15) is 81.9 Å². The minimum Gasteiger partial charge on any atom is -0.444 e. The summed E-state index contributed by atoms with van der Waals surface area (Å²) >= 11 is 0. The number of nitrogens with one attached hydrogen (secondary N) is 1. The van der Waals surface area contributed by atoms with E-state index in [-0.39, 0.29) is 6.09 Å². The highest BCUT2D eigenvalue weighted by Crippen LogP contribution is 2.35. The lowest BCUT2D eigenvalue weighted by Crippen LogP contribution is -2.33. The van der Waals surface area contributed by atoms with Gasteiger partial charge in [-0.2, -0.15) is 13.2 Å². The van der Waals surface area contributed by atoms with E-state index >= 15 is 0 Å². The average Bonchev–Trinajstić information content (AvgIpc) is 3.25. The molecule has 4 rings (SSSR count). The molecule has 8 heteroatoms. The molecule has 0 unspecified atom stereocenters. The number of rotatable bonds is 10. The Hall–Kier alpha value is -3.00. The molecule has 1 aliphatic heterocycles. The van der Waals surface area contributed by atoms with Crippen LogP contribution in [0.2, 0.25) is 0 Å². The first kappa shape index (κ1) is 30.0. The maximum Gasteiger partial charge on any atom is 0.416 e. The second-order valence-corrected chi connectivity index (χ2v) is 11.9. The van der Waals surface area contributed by atoms with Gasteiger partial charge in [0.2, 0.25) is 0 Å². The second-order valence-electron chi connectivity index (χ2n) is 11.9. The van der Waals surface area contributed by atoms with Gasteiger partial charge in [-0.1, -0.05) is 43.2 Å². The Bertz CT molecular complexity index is 1240. The average molecular weight is 558 g/mol. The zero-order valence-corrected chi connectivity index (χ0v) is 23.9. The quantitative estimate of drug-likeness (QED) is 0.257. The number of alkyl halides is 3. The van der Waals surface area contributed by atoms with Crippen LogP contribution in [0.3, 0.4) is 0 Å². The van der Waals surface area contributed by atoms with Gasteiger partial charge in [-0.3, -0.25) is 0 Å². The van der Waals surface area contributed by atoms with Crippen LogP contribution in [-0.4, -0.2) is 47.3 Å².